The maximum atomic E-state index is 10.3. The summed E-state index contributed by atoms with van der Waals surface area (Å²) < 4.78 is 4.40. The molecule has 0 aromatic carbocycles. The molecule has 9 heavy (non-hydrogen) atoms. The van der Waals surface area contributed by atoms with Crippen LogP contribution < -0.4 is 11.1 Å². The fourth-order valence-corrected chi connectivity index (χ4v) is 0.547. The number of primary amides is 1. The number of carbonyl (C=O) groups excluding carboxylic acids is 2. The number of cyclic esters (lactones) is 1. The van der Waals surface area contributed by atoms with Crippen molar-refractivity contribution in [2.75, 3.05) is 6.54 Å². The highest BCUT2D eigenvalue weighted by Crippen LogP contribution is 1.97. The molecule has 5 heteroatoms. The number of hydrogen-bond acceptors (Lipinski definition) is 3. The van der Waals surface area contributed by atoms with E-state index in [2.05, 4.69) is 10.1 Å². The van der Waals surface area contributed by atoms with E-state index >= 15 is 0 Å². The summed E-state index contributed by atoms with van der Waals surface area (Å²) in [6.45, 7) is 0.189. The Labute approximate surface area is 51.2 Å². The number of carbonyl (C=O) groups is 2. The first kappa shape index (κ1) is 5.87. The normalized spacial score (nSPS) is 24.9. The Hall–Kier alpha value is -1.26. The topological polar surface area (TPSA) is 81.4 Å². The Morgan fingerprint density at radius 1 is 1.89 bits per heavy atom. The Bertz CT molecular complexity index is 156. The van der Waals surface area contributed by atoms with Crippen LogP contribution in [0.1, 0.15) is 0 Å². The predicted molar refractivity (Wildman–Crippen MR) is 27.5 cm³/mol. The fourth-order valence-electron chi connectivity index (χ4n) is 0.547. The summed E-state index contributed by atoms with van der Waals surface area (Å²) >= 11 is 0. The van der Waals surface area contributed by atoms with Crippen molar-refractivity contribution < 1.29 is 14.3 Å². The molecule has 1 heterocycles. The van der Waals surface area contributed by atoms with E-state index in [0.29, 0.717) is 0 Å². The van der Waals surface area contributed by atoms with Gasteiger partial charge in [-0.2, -0.15) is 0 Å². The minimum absolute atomic E-state index is 0.189. The van der Waals surface area contributed by atoms with Crippen LogP contribution in [0, 0.1) is 0 Å². The Morgan fingerprint density at radius 3 is 2.78 bits per heavy atom. The molecule has 2 amide bonds. The second kappa shape index (κ2) is 1.93. The standard InChI is InChI=1S/C4H6N2O3/c5-3(7)2-1-6-4(8)9-2/h2H,1H2,(H2,5,7)(H,6,8)/t2-/m1/s1. The van der Waals surface area contributed by atoms with Crippen molar-refractivity contribution in [3.05, 3.63) is 0 Å². The number of alkyl carbamates (subject to hydrolysis) is 1. The largest absolute Gasteiger partial charge is 0.434 e. The van der Waals surface area contributed by atoms with Crippen LogP contribution in [0.25, 0.3) is 0 Å². The molecule has 1 saturated heterocycles. The molecule has 1 aliphatic heterocycles. The molecule has 0 spiro atoms. The van der Waals surface area contributed by atoms with Crippen LogP contribution >= 0.6 is 0 Å². The van der Waals surface area contributed by atoms with Crippen LogP contribution in [0.5, 0.6) is 0 Å². The molecular formula is C4H6N2O3. The number of amides is 2. The van der Waals surface area contributed by atoms with E-state index in [1.165, 1.54) is 0 Å². The molecule has 0 aliphatic carbocycles. The van der Waals surface area contributed by atoms with Crippen molar-refractivity contribution in [3.63, 3.8) is 0 Å². The summed E-state index contributed by atoms with van der Waals surface area (Å²) in [4.78, 5) is 20.5. The van der Waals surface area contributed by atoms with Crippen molar-refractivity contribution in [2.24, 2.45) is 5.73 Å². The smallest absolute Gasteiger partial charge is 0.408 e. The van der Waals surface area contributed by atoms with Crippen LogP contribution in [0.3, 0.4) is 0 Å². The van der Waals surface area contributed by atoms with Crippen LogP contribution in [0.2, 0.25) is 0 Å². The van der Waals surface area contributed by atoms with Gasteiger partial charge in [-0.1, -0.05) is 0 Å². The van der Waals surface area contributed by atoms with Gasteiger partial charge in [-0.15, -0.1) is 0 Å². The first-order valence-corrected chi connectivity index (χ1v) is 2.44. The van der Waals surface area contributed by atoms with E-state index in [1.54, 1.807) is 0 Å². The minimum Gasteiger partial charge on any atom is -0.434 e. The van der Waals surface area contributed by atoms with Gasteiger partial charge in [0.05, 0.1) is 6.54 Å². The fraction of sp³-hybridized carbons (Fsp3) is 0.500. The third kappa shape index (κ3) is 1.10. The van der Waals surface area contributed by atoms with Crippen molar-refractivity contribution in [1.29, 1.82) is 0 Å². The highest BCUT2D eigenvalue weighted by Gasteiger charge is 2.26. The second-order valence-corrected chi connectivity index (χ2v) is 1.68. The summed E-state index contributed by atoms with van der Waals surface area (Å²) in [6, 6.07) is 0. The summed E-state index contributed by atoms with van der Waals surface area (Å²) in [5.74, 6) is -0.617. The lowest BCUT2D eigenvalue weighted by atomic mass is 10.3. The minimum atomic E-state index is -0.780. The SMILES string of the molecule is NC(=O)[C@H]1CNC(=O)O1. The molecule has 1 fully saturated rings. The van der Waals surface area contributed by atoms with Gasteiger partial charge in [-0.25, -0.2) is 4.79 Å². The molecule has 0 bridgehead atoms. The van der Waals surface area contributed by atoms with Gasteiger partial charge < -0.3 is 15.8 Å². The molecule has 0 aromatic heterocycles. The van der Waals surface area contributed by atoms with Gasteiger partial charge in [0.1, 0.15) is 0 Å². The maximum Gasteiger partial charge on any atom is 0.408 e. The van der Waals surface area contributed by atoms with E-state index in [4.69, 9.17) is 5.73 Å². The molecule has 1 aliphatic rings. The number of nitrogens with one attached hydrogen (secondary N) is 1. The highest BCUT2D eigenvalue weighted by atomic mass is 16.6. The summed E-state index contributed by atoms with van der Waals surface area (Å²) in [7, 11) is 0. The van der Waals surface area contributed by atoms with E-state index < -0.39 is 18.1 Å². The van der Waals surface area contributed by atoms with Gasteiger partial charge in [0, 0.05) is 0 Å². The third-order valence-corrected chi connectivity index (χ3v) is 0.998. The van der Waals surface area contributed by atoms with E-state index in [9.17, 15) is 9.59 Å². The van der Waals surface area contributed by atoms with Crippen LogP contribution in [-0.4, -0.2) is 24.6 Å². The summed E-state index contributed by atoms with van der Waals surface area (Å²) in [5.41, 5.74) is 4.80. The van der Waals surface area contributed by atoms with Gasteiger partial charge in [-0.05, 0) is 0 Å². The predicted octanol–water partition coefficient (Wildman–Crippen LogP) is -1.42. The molecule has 0 radical (unpaired) electrons. The average Bonchev–Trinajstić information content (AvgIpc) is 2.14. The number of ether oxygens (including phenoxy) is 1. The van der Waals surface area contributed by atoms with E-state index in [1.807, 2.05) is 0 Å². The molecule has 1 atom stereocenters. The third-order valence-electron chi connectivity index (χ3n) is 0.998. The average molecular weight is 130 g/mol. The molecule has 0 saturated carbocycles. The lowest BCUT2D eigenvalue weighted by Crippen LogP contribution is -2.31. The molecule has 0 unspecified atom stereocenters. The molecule has 3 N–H and O–H groups in total. The Morgan fingerprint density at radius 2 is 2.56 bits per heavy atom. The molecule has 0 aromatic rings. The quantitative estimate of drug-likeness (QED) is 0.457. The second-order valence-electron chi connectivity index (χ2n) is 1.68. The lowest BCUT2D eigenvalue weighted by Gasteiger charge is -1.98. The molecular weight excluding hydrogens is 124 g/mol. The summed E-state index contributed by atoms with van der Waals surface area (Å²) in [5, 5.41) is 2.29. The van der Waals surface area contributed by atoms with Gasteiger partial charge in [-0.3, -0.25) is 4.79 Å². The van der Waals surface area contributed by atoms with Gasteiger partial charge in [0.25, 0.3) is 5.91 Å². The summed E-state index contributed by atoms with van der Waals surface area (Å²) in [6.07, 6.45) is -1.36. The first-order chi connectivity index (χ1) is 4.20. The van der Waals surface area contributed by atoms with Crippen LogP contribution in [0.15, 0.2) is 0 Å². The monoisotopic (exact) mass is 130 g/mol. The van der Waals surface area contributed by atoms with Gasteiger partial charge >= 0.3 is 6.09 Å². The molecule has 1 rings (SSSR count). The van der Waals surface area contributed by atoms with Gasteiger partial charge in [0.15, 0.2) is 6.10 Å². The first-order valence-electron chi connectivity index (χ1n) is 2.44. The number of rotatable bonds is 1. The highest BCUT2D eigenvalue weighted by molar-refractivity contribution is 5.84. The van der Waals surface area contributed by atoms with E-state index in [-0.39, 0.29) is 6.54 Å². The number of hydrogen-bond donors (Lipinski definition) is 2. The van der Waals surface area contributed by atoms with Crippen molar-refractivity contribution in [1.82, 2.24) is 5.32 Å². The van der Waals surface area contributed by atoms with Crippen molar-refractivity contribution in [3.8, 4) is 0 Å². The van der Waals surface area contributed by atoms with Crippen molar-refractivity contribution >= 4 is 12.0 Å². The Kier molecular flexibility index (Phi) is 1.26. The lowest BCUT2D eigenvalue weighted by molar-refractivity contribution is -0.124. The van der Waals surface area contributed by atoms with Crippen LogP contribution in [0.4, 0.5) is 4.79 Å². The zero-order chi connectivity index (χ0) is 6.85. The van der Waals surface area contributed by atoms with Crippen molar-refractivity contribution in [2.45, 2.75) is 6.10 Å². The Balaban J connectivity index is 2.48. The number of nitrogens with two attached hydrogens (primary N) is 1. The van der Waals surface area contributed by atoms with Crippen LogP contribution in [-0.2, 0) is 9.53 Å². The zero-order valence-electron chi connectivity index (χ0n) is 4.59. The zero-order valence-corrected chi connectivity index (χ0v) is 4.59. The molecule has 50 valence electrons. The molecule has 5 nitrogen and oxygen atoms in total. The van der Waals surface area contributed by atoms with Gasteiger partial charge in [0.2, 0.25) is 0 Å². The van der Waals surface area contributed by atoms with E-state index in [0.717, 1.165) is 0 Å². The maximum absolute atomic E-state index is 10.3.